The van der Waals surface area contributed by atoms with Crippen molar-refractivity contribution in [3.63, 3.8) is 0 Å². The minimum absolute atomic E-state index is 0.152. The van der Waals surface area contributed by atoms with Crippen LogP contribution in [0.1, 0.15) is 31.7 Å². The summed E-state index contributed by atoms with van der Waals surface area (Å²) in [6, 6.07) is 12.8. The van der Waals surface area contributed by atoms with E-state index in [2.05, 4.69) is 13.8 Å². The summed E-state index contributed by atoms with van der Waals surface area (Å²) in [6.07, 6.45) is 1.05. The molecule has 2 rings (SSSR count). The van der Waals surface area contributed by atoms with Crippen LogP contribution < -0.4 is 9.64 Å². The van der Waals surface area contributed by atoms with Crippen molar-refractivity contribution in [2.45, 2.75) is 31.1 Å². The van der Waals surface area contributed by atoms with E-state index in [0.29, 0.717) is 17.4 Å². The minimum atomic E-state index is -4.50. The van der Waals surface area contributed by atoms with Gasteiger partial charge in [0.25, 0.3) is 5.91 Å². The van der Waals surface area contributed by atoms with Crippen molar-refractivity contribution in [3.8, 4) is 5.75 Å². The summed E-state index contributed by atoms with van der Waals surface area (Å²) in [5, 5.41) is 0. The van der Waals surface area contributed by atoms with Gasteiger partial charge in [0, 0.05) is 12.7 Å². The van der Waals surface area contributed by atoms with Gasteiger partial charge in [-0.25, -0.2) is 8.42 Å². The highest BCUT2D eigenvalue weighted by atomic mass is 32.2. The monoisotopic (exact) mass is 376 g/mol. The number of hydrogen-bond acceptors (Lipinski definition) is 5. The van der Waals surface area contributed by atoms with Crippen LogP contribution in [0.15, 0.2) is 53.4 Å². The predicted octanol–water partition coefficient (Wildman–Crippen LogP) is 3.15. The summed E-state index contributed by atoms with van der Waals surface area (Å²) in [6.45, 7) is 4.13. The molecule has 0 heterocycles. The highest BCUT2D eigenvalue weighted by molar-refractivity contribution is 7.85. The second-order valence-electron chi connectivity index (χ2n) is 6.07. The first kappa shape index (κ1) is 19.9. The zero-order valence-electron chi connectivity index (χ0n) is 15.0. The molecule has 0 N–H and O–H groups in total. The third kappa shape index (κ3) is 5.06. The summed E-state index contributed by atoms with van der Waals surface area (Å²) < 4.78 is 38.3. The first-order valence-electron chi connectivity index (χ1n) is 8.27. The van der Waals surface area contributed by atoms with Gasteiger partial charge in [-0.1, -0.05) is 26.0 Å². The summed E-state index contributed by atoms with van der Waals surface area (Å²) >= 11 is 0. The largest absolute Gasteiger partial charge is 0.744 e. The van der Waals surface area contributed by atoms with Gasteiger partial charge in [-0.15, -0.1) is 0 Å². The Morgan fingerprint density at radius 1 is 1.12 bits per heavy atom. The van der Waals surface area contributed by atoms with Gasteiger partial charge in [-0.2, -0.15) is 0 Å². The minimum Gasteiger partial charge on any atom is -0.744 e. The molecule has 0 saturated heterocycles. The highest BCUT2D eigenvalue weighted by Crippen LogP contribution is 2.22. The second kappa shape index (κ2) is 8.33. The van der Waals surface area contributed by atoms with Crippen LogP contribution in [0.4, 0.5) is 5.69 Å². The molecular formula is C19H22NO5S-. The Bertz CT molecular complexity index is 845. The van der Waals surface area contributed by atoms with Crippen LogP contribution in [0.2, 0.25) is 0 Å². The van der Waals surface area contributed by atoms with Crippen LogP contribution in [0.5, 0.6) is 5.75 Å². The lowest BCUT2D eigenvalue weighted by Crippen LogP contribution is -2.31. The normalized spacial score (nSPS) is 12.5. The third-order valence-corrected chi connectivity index (χ3v) is 5.16. The fourth-order valence-corrected chi connectivity index (χ4v) is 2.82. The zero-order valence-corrected chi connectivity index (χ0v) is 15.8. The van der Waals surface area contributed by atoms with Crippen molar-refractivity contribution in [1.29, 1.82) is 0 Å². The van der Waals surface area contributed by atoms with Gasteiger partial charge in [0.05, 0.1) is 4.90 Å². The number of anilines is 1. The molecule has 2 aromatic rings. The SMILES string of the molecule is CCC(C)c1ccc(OCC(=O)N(C)c2ccc(S(=O)(=O)[O-])cc2)cc1. The Balaban J connectivity index is 1.96. The molecule has 0 bridgehead atoms. The molecule has 0 aromatic heterocycles. The van der Waals surface area contributed by atoms with Crippen molar-refractivity contribution in [1.82, 2.24) is 0 Å². The van der Waals surface area contributed by atoms with Gasteiger partial charge in [-0.05, 0) is 54.3 Å². The number of rotatable bonds is 7. The molecular weight excluding hydrogens is 354 g/mol. The van der Waals surface area contributed by atoms with E-state index in [9.17, 15) is 17.8 Å². The van der Waals surface area contributed by atoms with E-state index in [1.54, 1.807) is 7.05 Å². The van der Waals surface area contributed by atoms with Crippen molar-refractivity contribution in [2.75, 3.05) is 18.6 Å². The Hall–Kier alpha value is -2.38. The molecule has 1 amide bonds. The van der Waals surface area contributed by atoms with E-state index in [1.165, 1.54) is 34.7 Å². The van der Waals surface area contributed by atoms with Gasteiger partial charge in [-0.3, -0.25) is 4.79 Å². The fraction of sp³-hybridized carbons (Fsp3) is 0.316. The lowest BCUT2D eigenvalue weighted by atomic mass is 9.99. The van der Waals surface area contributed by atoms with E-state index in [0.717, 1.165) is 6.42 Å². The van der Waals surface area contributed by atoms with Gasteiger partial charge in [0.15, 0.2) is 6.61 Å². The molecule has 0 fully saturated rings. The molecule has 0 radical (unpaired) electrons. The smallest absolute Gasteiger partial charge is 0.264 e. The second-order valence-corrected chi connectivity index (χ2v) is 7.45. The molecule has 0 aliphatic rings. The summed E-state index contributed by atoms with van der Waals surface area (Å²) in [5.41, 5.74) is 1.69. The number of carbonyl (C=O) groups is 1. The summed E-state index contributed by atoms with van der Waals surface area (Å²) in [4.78, 5) is 13.2. The zero-order chi connectivity index (χ0) is 19.3. The van der Waals surface area contributed by atoms with E-state index in [1.807, 2.05) is 24.3 Å². The quantitative estimate of drug-likeness (QED) is 0.693. The Labute approximate surface area is 154 Å². The number of nitrogens with zero attached hydrogens (tertiary/aromatic N) is 1. The fourth-order valence-electron chi connectivity index (χ4n) is 2.35. The molecule has 0 aliphatic carbocycles. The Morgan fingerprint density at radius 3 is 2.19 bits per heavy atom. The lowest BCUT2D eigenvalue weighted by molar-refractivity contribution is -0.120. The molecule has 0 spiro atoms. The number of benzene rings is 2. The van der Waals surface area contributed by atoms with Gasteiger partial charge in [0.2, 0.25) is 0 Å². The number of carbonyl (C=O) groups excluding carboxylic acids is 1. The number of ether oxygens (including phenoxy) is 1. The summed E-state index contributed by atoms with van der Waals surface area (Å²) in [5.74, 6) is 0.776. The van der Waals surface area contributed by atoms with Crippen LogP contribution in [-0.4, -0.2) is 32.5 Å². The lowest BCUT2D eigenvalue weighted by Gasteiger charge is -2.18. The van der Waals surface area contributed by atoms with Crippen LogP contribution in [-0.2, 0) is 14.9 Å². The molecule has 1 unspecified atom stereocenters. The highest BCUT2D eigenvalue weighted by Gasteiger charge is 2.13. The topological polar surface area (TPSA) is 86.7 Å². The van der Waals surface area contributed by atoms with E-state index < -0.39 is 10.1 Å². The number of amides is 1. The molecule has 140 valence electrons. The summed E-state index contributed by atoms with van der Waals surface area (Å²) in [7, 11) is -2.95. The third-order valence-electron chi connectivity index (χ3n) is 4.31. The average molecular weight is 376 g/mol. The van der Waals surface area contributed by atoms with Gasteiger partial charge in [0.1, 0.15) is 15.9 Å². The maximum atomic E-state index is 12.2. The van der Waals surface area contributed by atoms with Gasteiger partial charge < -0.3 is 14.2 Å². The number of hydrogen-bond donors (Lipinski definition) is 0. The van der Waals surface area contributed by atoms with E-state index in [4.69, 9.17) is 4.74 Å². The van der Waals surface area contributed by atoms with E-state index >= 15 is 0 Å². The Kier molecular flexibility index (Phi) is 6.39. The van der Waals surface area contributed by atoms with E-state index in [-0.39, 0.29) is 17.4 Å². The van der Waals surface area contributed by atoms with Crippen LogP contribution >= 0.6 is 0 Å². The standard InChI is InChI=1S/C19H23NO5S/c1-4-14(2)15-5-9-17(10-6-15)25-13-19(21)20(3)16-7-11-18(12-8-16)26(22,23)24/h5-12,14H,4,13H2,1-3H3,(H,22,23,24)/p-1. The molecule has 2 aromatic carbocycles. The molecule has 1 atom stereocenters. The maximum Gasteiger partial charge on any atom is 0.264 e. The average Bonchev–Trinajstić information content (AvgIpc) is 2.64. The van der Waals surface area contributed by atoms with Crippen molar-refractivity contribution in [3.05, 3.63) is 54.1 Å². The maximum absolute atomic E-state index is 12.2. The van der Waals surface area contributed by atoms with Crippen LogP contribution in [0.25, 0.3) is 0 Å². The predicted molar refractivity (Wildman–Crippen MR) is 98.5 cm³/mol. The van der Waals surface area contributed by atoms with Gasteiger partial charge >= 0.3 is 0 Å². The van der Waals surface area contributed by atoms with Crippen LogP contribution in [0, 0.1) is 0 Å². The first-order valence-corrected chi connectivity index (χ1v) is 9.68. The van der Waals surface area contributed by atoms with Crippen molar-refractivity contribution in [2.24, 2.45) is 0 Å². The molecule has 0 aliphatic heterocycles. The molecule has 26 heavy (non-hydrogen) atoms. The first-order chi connectivity index (χ1) is 12.2. The van der Waals surface area contributed by atoms with Crippen molar-refractivity contribution < 1.29 is 22.5 Å². The van der Waals surface area contributed by atoms with Crippen LogP contribution in [0.3, 0.4) is 0 Å². The van der Waals surface area contributed by atoms with Crippen molar-refractivity contribution >= 4 is 21.7 Å². The molecule has 0 saturated carbocycles. The number of likely N-dealkylation sites (N-methyl/N-ethyl adjacent to an activating group) is 1. The molecule has 7 heteroatoms. The Morgan fingerprint density at radius 2 is 1.69 bits per heavy atom. The molecule has 6 nitrogen and oxygen atoms in total.